The first-order chi connectivity index (χ1) is 19.1. The number of fused-ring (bicyclic) bond motifs is 2. The topological polar surface area (TPSA) is 41.5 Å². The van der Waals surface area contributed by atoms with Crippen LogP contribution in [0.3, 0.4) is 0 Å². The average Bonchev–Trinajstić information content (AvgIpc) is 3.22. The van der Waals surface area contributed by atoms with Crippen LogP contribution < -0.4 is 9.80 Å². The Morgan fingerprint density at radius 3 is 1.23 bits per heavy atom. The van der Waals surface area contributed by atoms with Gasteiger partial charge in [-0.05, 0) is 65.0 Å². The smallest absolute Gasteiger partial charge is 0.221 e. The minimum atomic E-state index is -0.424. The number of benzene rings is 3. The lowest BCUT2D eigenvalue weighted by atomic mass is 9.91. The van der Waals surface area contributed by atoms with Gasteiger partial charge in [0.25, 0.3) is 0 Å². The van der Waals surface area contributed by atoms with Gasteiger partial charge in [0.05, 0.1) is 22.4 Å². The van der Waals surface area contributed by atoms with Crippen LogP contribution in [-0.2, 0) is 4.74 Å². The molecule has 0 bridgehead atoms. The predicted octanol–water partition coefficient (Wildman–Crippen LogP) is 9.73. The molecule has 5 nitrogen and oxygen atoms in total. The van der Waals surface area contributed by atoms with Crippen LogP contribution in [0.4, 0.5) is 23.0 Å². The second-order valence-electron chi connectivity index (χ2n) is 12.1. The molecule has 0 fully saturated rings. The summed E-state index contributed by atoms with van der Waals surface area (Å²) in [5.74, 6) is 3.01. The number of aromatic nitrogens is 2. The first-order valence-corrected chi connectivity index (χ1v) is 14.9. The van der Waals surface area contributed by atoms with Crippen molar-refractivity contribution >= 4 is 34.0 Å². The lowest BCUT2D eigenvalue weighted by molar-refractivity contribution is 0.0763. The highest BCUT2D eigenvalue weighted by atomic mass is 16.5. The molecule has 3 aromatic carbocycles. The number of rotatable bonds is 8. The van der Waals surface area contributed by atoms with Crippen LogP contribution in [0.5, 0.6) is 0 Å². The van der Waals surface area contributed by atoms with Gasteiger partial charge in [-0.25, -0.2) is 9.97 Å². The van der Waals surface area contributed by atoms with E-state index in [9.17, 15) is 0 Å². The molecule has 0 amide bonds. The number of hydrogen-bond donors (Lipinski definition) is 0. The van der Waals surface area contributed by atoms with E-state index >= 15 is 0 Å². The summed E-state index contributed by atoms with van der Waals surface area (Å²) < 4.78 is 6.76. The molecule has 210 valence electrons. The van der Waals surface area contributed by atoms with Crippen molar-refractivity contribution in [1.82, 2.24) is 9.97 Å². The lowest BCUT2D eigenvalue weighted by Crippen LogP contribution is -2.42. The third-order valence-corrected chi connectivity index (χ3v) is 7.92. The van der Waals surface area contributed by atoms with Crippen molar-refractivity contribution in [1.29, 1.82) is 0 Å². The Morgan fingerprint density at radius 2 is 0.925 bits per heavy atom. The van der Waals surface area contributed by atoms with E-state index in [1.54, 1.807) is 0 Å². The highest BCUT2D eigenvalue weighted by molar-refractivity contribution is 5.91. The summed E-state index contributed by atoms with van der Waals surface area (Å²) in [6.45, 7) is 20.8. The molecule has 0 atom stereocenters. The summed E-state index contributed by atoms with van der Waals surface area (Å²) in [5.41, 5.74) is 9.31. The van der Waals surface area contributed by atoms with Gasteiger partial charge in [-0.3, -0.25) is 9.80 Å². The van der Waals surface area contributed by atoms with E-state index < -0.39 is 6.35 Å². The van der Waals surface area contributed by atoms with Gasteiger partial charge in [-0.15, -0.1) is 0 Å². The zero-order valence-corrected chi connectivity index (χ0v) is 25.6. The third-order valence-electron chi connectivity index (χ3n) is 7.92. The average molecular weight is 537 g/mol. The molecule has 2 heterocycles. The zero-order valence-electron chi connectivity index (χ0n) is 25.6. The Morgan fingerprint density at radius 1 is 0.575 bits per heavy atom. The van der Waals surface area contributed by atoms with Crippen molar-refractivity contribution in [3.63, 3.8) is 0 Å². The standard InChI is InChI=1S/C35H44N4O/c1-10-40-35-38(31-25(21(2)3)15-13-16-26(31)22(4)5)33-34(37-30-20-12-11-19-29(30)36-33)39(35)32-27(23(6)7)17-14-18-28(32)24(8)9/h11-24,35H,10H2,1-9H3. The van der Waals surface area contributed by atoms with Gasteiger partial charge in [0, 0.05) is 6.61 Å². The van der Waals surface area contributed by atoms with E-state index in [-0.39, 0.29) is 0 Å². The largest absolute Gasteiger partial charge is 0.340 e. The summed E-state index contributed by atoms with van der Waals surface area (Å²) in [6, 6.07) is 21.6. The molecule has 40 heavy (non-hydrogen) atoms. The molecule has 1 aromatic heterocycles. The SMILES string of the molecule is CCOC1N(c2c(C(C)C)cccc2C(C)C)c2nc3ccccc3nc2N1c1c(C(C)C)cccc1C(C)C. The lowest BCUT2D eigenvalue weighted by Gasteiger charge is -2.37. The predicted molar refractivity (Wildman–Crippen MR) is 168 cm³/mol. The van der Waals surface area contributed by atoms with E-state index in [4.69, 9.17) is 14.7 Å². The molecular formula is C35H44N4O. The molecule has 0 saturated heterocycles. The Balaban J connectivity index is 1.91. The Kier molecular flexibility index (Phi) is 7.87. The monoisotopic (exact) mass is 536 g/mol. The Labute approximate surface area is 240 Å². The van der Waals surface area contributed by atoms with Crippen molar-refractivity contribution in [3.8, 4) is 0 Å². The zero-order chi connectivity index (χ0) is 28.7. The molecule has 1 aliphatic rings. The molecule has 1 aliphatic heterocycles. The van der Waals surface area contributed by atoms with Gasteiger partial charge in [-0.1, -0.05) is 104 Å². The first kappa shape index (κ1) is 28.1. The number of para-hydroxylation sites is 4. The Bertz CT molecular complexity index is 1340. The summed E-state index contributed by atoms with van der Waals surface area (Å²) in [4.78, 5) is 15.3. The minimum absolute atomic E-state index is 0.330. The van der Waals surface area contributed by atoms with E-state index in [1.165, 1.54) is 33.6 Å². The number of hydrogen-bond acceptors (Lipinski definition) is 5. The fraction of sp³-hybridized carbons (Fsp3) is 0.429. The second-order valence-corrected chi connectivity index (χ2v) is 12.1. The molecule has 4 aromatic rings. The number of nitrogens with zero attached hydrogens (tertiary/aromatic N) is 4. The van der Waals surface area contributed by atoms with E-state index in [0.29, 0.717) is 30.3 Å². The molecule has 0 radical (unpaired) electrons. The maximum atomic E-state index is 6.76. The summed E-state index contributed by atoms with van der Waals surface area (Å²) in [5, 5.41) is 0. The molecule has 0 N–H and O–H groups in total. The van der Waals surface area contributed by atoms with Crippen LogP contribution in [0.15, 0.2) is 60.7 Å². The van der Waals surface area contributed by atoms with Crippen molar-refractivity contribution in [2.75, 3.05) is 16.4 Å². The fourth-order valence-electron chi connectivity index (χ4n) is 5.94. The van der Waals surface area contributed by atoms with Crippen LogP contribution >= 0.6 is 0 Å². The third kappa shape index (κ3) is 4.75. The van der Waals surface area contributed by atoms with Crippen LogP contribution in [0.25, 0.3) is 11.0 Å². The molecule has 5 heteroatoms. The second kappa shape index (κ2) is 11.2. The minimum Gasteiger partial charge on any atom is -0.340 e. The summed E-state index contributed by atoms with van der Waals surface area (Å²) in [7, 11) is 0. The van der Waals surface area contributed by atoms with Gasteiger partial charge in [0.2, 0.25) is 6.35 Å². The van der Waals surface area contributed by atoms with Crippen molar-refractivity contribution in [2.24, 2.45) is 0 Å². The van der Waals surface area contributed by atoms with Crippen LogP contribution in [0, 0.1) is 0 Å². The number of anilines is 4. The van der Waals surface area contributed by atoms with Gasteiger partial charge < -0.3 is 4.74 Å². The van der Waals surface area contributed by atoms with Crippen molar-refractivity contribution in [3.05, 3.63) is 82.9 Å². The summed E-state index contributed by atoms with van der Waals surface area (Å²) >= 11 is 0. The molecule has 0 spiro atoms. The van der Waals surface area contributed by atoms with Crippen LogP contribution in [0.2, 0.25) is 0 Å². The molecule has 0 saturated carbocycles. The highest BCUT2D eigenvalue weighted by Crippen LogP contribution is 2.52. The van der Waals surface area contributed by atoms with Crippen LogP contribution in [0.1, 0.15) is 108 Å². The van der Waals surface area contributed by atoms with Crippen LogP contribution in [-0.4, -0.2) is 22.9 Å². The first-order valence-electron chi connectivity index (χ1n) is 14.9. The molecule has 5 rings (SSSR count). The van der Waals surface area contributed by atoms with E-state index in [0.717, 1.165) is 22.7 Å². The Hall–Kier alpha value is -3.44. The summed E-state index contributed by atoms with van der Waals surface area (Å²) in [6.07, 6.45) is -0.424. The van der Waals surface area contributed by atoms with Gasteiger partial charge in [0.15, 0.2) is 11.6 Å². The maximum absolute atomic E-state index is 6.76. The van der Waals surface area contributed by atoms with Gasteiger partial charge in [-0.2, -0.15) is 0 Å². The van der Waals surface area contributed by atoms with Crippen molar-refractivity contribution < 1.29 is 4.74 Å². The normalized spacial score (nSPS) is 14.0. The molecular weight excluding hydrogens is 492 g/mol. The van der Waals surface area contributed by atoms with Crippen molar-refractivity contribution in [2.45, 2.75) is 92.3 Å². The van der Waals surface area contributed by atoms with E-state index in [1.807, 2.05) is 12.1 Å². The molecule has 0 aliphatic carbocycles. The van der Waals surface area contributed by atoms with Gasteiger partial charge >= 0.3 is 0 Å². The maximum Gasteiger partial charge on any atom is 0.221 e. The quantitative estimate of drug-likeness (QED) is 0.224. The van der Waals surface area contributed by atoms with E-state index in [2.05, 4.69) is 121 Å². The fourth-order valence-corrected chi connectivity index (χ4v) is 5.94. The van der Waals surface area contributed by atoms with Gasteiger partial charge in [0.1, 0.15) is 0 Å². The number of ether oxygens (including phenoxy) is 1. The highest BCUT2D eigenvalue weighted by Gasteiger charge is 2.45. The molecule has 0 unspecified atom stereocenters.